The molecule has 3 nitrogen and oxygen atoms in total. The van der Waals surface area contributed by atoms with Crippen LogP contribution in [0.3, 0.4) is 0 Å². The Balaban J connectivity index is 1.51. The summed E-state index contributed by atoms with van der Waals surface area (Å²) in [7, 11) is 0. The van der Waals surface area contributed by atoms with Crippen LogP contribution in [0, 0.1) is 0 Å². The number of hydrogen-bond acceptors (Lipinski definition) is 2. The molecule has 1 aliphatic rings. The van der Waals surface area contributed by atoms with Crippen LogP contribution < -0.4 is 5.32 Å². The molecule has 1 N–H and O–H groups in total. The summed E-state index contributed by atoms with van der Waals surface area (Å²) in [6, 6.07) is 11.6. The highest BCUT2D eigenvalue weighted by molar-refractivity contribution is 5.23. The predicted molar refractivity (Wildman–Crippen MR) is 72.5 cm³/mol. The molecule has 18 heavy (non-hydrogen) atoms. The average Bonchev–Trinajstić information content (AvgIpc) is 3.07. The molecule has 0 atom stereocenters. The van der Waals surface area contributed by atoms with E-state index in [9.17, 15) is 0 Å². The van der Waals surface area contributed by atoms with Crippen LogP contribution >= 0.6 is 0 Å². The van der Waals surface area contributed by atoms with Crippen LogP contribution in [-0.2, 0) is 13.0 Å². The summed E-state index contributed by atoms with van der Waals surface area (Å²) in [6.07, 6.45) is 7.66. The zero-order chi connectivity index (χ0) is 12.2. The summed E-state index contributed by atoms with van der Waals surface area (Å²) in [6.45, 7) is 1.96. The first kappa shape index (κ1) is 11.5. The summed E-state index contributed by atoms with van der Waals surface area (Å²) in [5, 5.41) is 7.76. The van der Waals surface area contributed by atoms with Gasteiger partial charge in [0.05, 0.1) is 6.54 Å². The minimum Gasteiger partial charge on any atom is -0.314 e. The van der Waals surface area contributed by atoms with Gasteiger partial charge in [0, 0.05) is 18.4 Å². The summed E-state index contributed by atoms with van der Waals surface area (Å²) in [4.78, 5) is 0. The quantitative estimate of drug-likeness (QED) is 0.840. The number of nitrogens with zero attached hydrogens (tertiary/aromatic N) is 2. The first-order valence-electron chi connectivity index (χ1n) is 6.69. The first-order chi connectivity index (χ1) is 8.90. The molecular formula is C15H19N3. The van der Waals surface area contributed by atoms with Gasteiger partial charge in [-0.25, -0.2) is 0 Å². The third kappa shape index (κ3) is 3.20. The Bertz CT molecular complexity index is 469. The molecule has 2 aromatic rings. The lowest BCUT2D eigenvalue weighted by Crippen LogP contribution is -2.19. The molecule has 1 heterocycles. The van der Waals surface area contributed by atoms with E-state index in [-0.39, 0.29) is 0 Å². The van der Waals surface area contributed by atoms with Crippen molar-refractivity contribution in [2.24, 2.45) is 0 Å². The Kier molecular flexibility index (Phi) is 3.42. The van der Waals surface area contributed by atoms with Gasteiger partial charge in [-0.15, -0.1) is 0 Å². The van der Waals surface area contributed by atoms with Crippen LogP contribution in [0.1, 0.15) is 24.0 Å². The lowest BCUT2D eigenvalue weighted by Gasteiger charge is -2.05. The lowest BCUT2D eigenvalue weighted by atomic mass is 10.1. The number of rotatable bonds is 6. The van der Waals surface area contributed by atoms with Gasteiger partial charge in [-0.2, -0.15) is 5.10 Å². The fourth-order valence-electron chi connectivity index (χ4n) is 2.10. The van der Waals surface area contributed by atoms with Gasteiger partial charge in [-0.05, 0) is 43.0 Å². The molecule has 0 spiro atoms. The number of aromatic nitrogens is 2. The molecule has 94 valence electrons. The van der Waals surface area contributed by atoms with Crippen molar-refractivity contribution in [3.05, 3.63) is 53.9 Å². The molecule has 0 amide bonds. The molecule has 1 saturated carbocycles. The fraction of sp³-hybridized carbons (Fsp3) is 0.400. The molecule has 3 heteroatoms. The van der Waals surface area contributed by atoms with Gasteiger partial charge in [0.25, 0.3) is 0 Å². The van der Waals surface area contributed by atoms with Crippen molar-refractivity contribution >= 4 is 0 Å². The minimum atomic E-state index is 0.809. The monoisotopic (exact) mass is 241 g/mol. The molecule has 1 aromatic carbocycles. The SMILES string of the molecule is c1cnn(Cc2ccc(CCNC3CC3)cc2)c1. The molecule has 0 unspecified atom stereocenters. The summed E-state index contributed by atoms with van der Waals surface area (Å²) in [5.74, 6) is 0. The fourth-order valence-corrected chi connectivity index (χ4v) is 2.10. The van der Waals surface area contributed by atoms with Gasteiger partial charge in [-0.3, -0.25) is 4.68 Å². The van der Waals surface area contributed by atoms with E-state index in [1.807, 2.05) is 23.1 Å². The third-order valence-corrected chi connectivity index (χ3v) is 3.35. The van der Waals surface area contributed by atoms with Crippen molar-refractivity contribution in [3.8, 4) is 0 Å². The molecular weight excluding hydrogens is 222 g/mol. The maximum atomic E-state index is 4.22. The number of nitrogens with one attached hydrogen (secondary N) is 1. The molecule has 0 saturated heterocycles. The van der Waals surface area contributed by atoms with Crippen LogP contribution in [0.15, 0.2) is 42.7 Å². The van der Waals surface area contributed by atoms with E-state index >= 15 is 0 Å². The van der Waals surface area contributed by atoms with Crippen LogP contribution in [0.25, 0.3) is 0 Å². The van der Waals surface area contributed by atoms with Crippen LogP contribution in [-0.4, -0.2) is 22.4 Å². The molecule has 1 aromatic heterocycles. The third-order valence-electron chi connectivity index (χ3n) is 3.35. The maximum Gasteiger partial charge on any atom is 0.0659 e. The van der Waals surface area contributed by atoms with Gasteiger partial charge < -0.3 is 5.32 Å². The van der Waals surface area contributed by atoms with Crippen molar-refractivity contribution < 1.29 is 0 Å². The number of hydrogen-bond donors (Lipinski definition) is 1. The van der Waals surface area contributed by atoms with Crippen molar-refractivity contribution in [3.63, 3.8) is 0 Å². The Morgan fingerprint density at radius 1 is 1.17 bits per heavy atom. The summed E-state index contributed by atoms with van der Waals surface area (Å²) >= 11 is 0. The van der Waals surface area contributed by atoms with Crippen molar-refractivity contribution in [2.75, 3.05) is 6.54 Å². The Morgan fingerprint density at radius 3 is 2.61 bits per heavy atom. The Morgan fingerprint density at radius 2 is 1.94 bits per heavy atom. The summed E-state index contributed by atoms with van der Waals surface area (Å²) in [5.41, 5.74) is 2.71. The van der Waals surface area contributed by atoms with E-state index < -0.39 is 0 Å². The largest absolute Gasteiger partial charge is 0.314 e. The van der Waals surface area contributed by atoms with E-state index in [4.69, 9.17) is 0 Å². The minimum absolute atomic E-state index is 0.809. The molecule has 3 rings (SSSR count). The van der Waals surface area contributed by atoms with Gasteiger partial charge in [0.1, 0.15) is 0 Å². The molecule has 1 aliphatic carbocycles. The topological polar surface area (TPSA) is 29.9 Å². The standard InChI is InChI=1S/C15H19N3/c1-9-17-18(11-1)12-14-4-2-13(3-5-14)8-10-16-15-6-7-15/h1-5,9,11,15-16H,6-8,10,12H2. The van der Waals surface area contributed by atoms with Gasteiger partial charge in [0.2, 0.25) is 0 Å². The van der Waals surface area contributed by atoms with E-state index in [1.165, 1.54) is 24.0 Å². The van der Waals surface area contributed by atoms with E-state index in [1.54, 1.807) is 0 Å². The molecule has 1 fully saturated rings. The highest BCUT2D eigenvalue weighted by atomic mass is 15.3. The highest BCUT2D eigenvalue weighted by Gasteiger charge is 2.19. The van der Waals surface area contributed by atoms with Crippen LogP contribution in [0.4, 0.5) is 0 Å². The Labute approximate surface area is 108 Å². The van der Waals surface area contributed by atoms with E-state index in [0.717, 1.165) is 25.6 Å². The molecule has 0 bridgehead atoms. The first-order valence-corrected chi connectivity index (χ1v) is 6.69. The smallest absolute Gasteiger partial charge is 0.0659 e. The van der Waals surface area contributed by atoms with E-state index in [2.05, 4.69) is 34.7 Å². The normalized spacial score (nSPS) is 14.9. The van der Waals surface area contributed by atoms with Crippen LogP contribution in [0.2, 0.25) is 0 Å². The Hall–Kier alpha value is -1.61. The van der Waals surface area contributed by atoms with Gasteiger partial charge in [0.15, 0.2) is 0 Å². The maximum absolute atomic E-state index is 4.22. The second-order valence-electron chi connectivity index (χ2n) is 5.00. The van der Waals surface area contributed by atoms with Crippen molar-refractivity contribution in [2.45, 2.75) is 31.8 Å². The van der Waals surface area contributed by atoms with Gasteiger partial charge >= 0.3 is 0 Å². The second kappa shape index (κ2) is 5.36. The van der Waals surface area contributed by atoms with E-state index in [0.29, 0.717) is 0 Å². The predicted octanol–water partition coefficient (Wildman–Crippen LogP) is 2.23. The average molecular weight is 241 g/mol. The molecule has 0 aliphatic heterocycles. The van der Waals surface area contributed by atoms with Crippen molar-refractivity contribution in [1.82, 2.24) is 15.1 Å². The zero-order valence-corrected chi connectivity index (χ0v) is 10.5. The van der Waals surface area contributed by atoms with Crippen LogP contribution in [0.5, 0.6) is 0 Å². The zero-order valence-electron chi connectivity index (χ0n) is 10.5. The summed E-state index contributed by atoms with van der Waals surface area (Å²) < 4.78 is 1.95. The second-order valence-corrected chi connectivity index (χ2v) is 5.00. The van der Waals surface area contributed by atoms with Crippen molar-refractivity contribution in [1.29, 1.82) is 0 Å². The lowest BCUT2D eigenvalue weighted by molar-refractivity contribution is 0.678. The van der Waals surface area contributed by atoms with Gasteiger partial charge in [-0.1, -0.05) is 24.3 Å². The molecule has 0 radical (unpaired) electrons. The highest BCUT2D eigenvalue weighted by Crippen LogP contribution is 2.18. The number of benzene rings is 1.